The van der Waals surface area contributed by atoms with Gasteiger partial charge in [-0.25, -0.2) is 9.50 Å². The number of fused-ring (bicyclic) bond motifs is 1. The lowest BCUT2D eigenvalue weighted by molar-refractivity contribution is -0.121. The maximum Gasteiger partial charge on any atom is 0.276 e. The van der Waals surface area contributed by atoms with Gasteiger partial charge in [-0.1, -0.05) is 12.8 Å². The lowest BCUT2D eigenvalue weighted by Crippen LogP contribution is -2.44. The van der Waals surface area contributed by atoms with Crippen LogP contribution in [0.3, 0.4) is 0 Å². The van der Waals surface area contributed by atoms with Crippen molar-refractivity contribution in [2.45, 2.75) is 45.1 Å². The molecule has 0 aromatic carbocycles. The third kappa shape index (κ3) is 3.14. The fourth-order valence-corrected chi connectivity index (χ4v) is 3.34. The first-order valence-electron chi connectivity index (χ1n) is 8.06. The Morgan fingerprint density at radius 3 is 3.04 bits per heavy atom. The van der Waals surface area contributed by atoms with Gasteiger partial charge in [0.2, 0.25) is 5.91 Å². The van der Waals surface area contributed by atoms with Crippen LogP contribution in [0.15, 0.2) is 17.1 Å². The van der Waals surface area contributed by atoms with Crippen LogP contribution in [0.4, 0.5) is 0 Å². The number of aliphatic hydroxyl groups is 1. The molecule has 1 saturated carbocycles. The maximum absolute atomic E-state index is 12.4. The number of hydrogen-bond acceptors (Lipinski definition) is 4. The largest absolute Gasteiger partial charge is 0.396 e. The second kappa shape index (κ2) is 6.54. The summed E-state index contributed by atoms with van der Waals surface area (Å²) in [6.07, 6.45) is 5.60. The van der Waals surface area contributed by atoms with Gasteiger partial charge in [0, 0.05) is 42.1 Å². The van der Waals surface area contributed by atoms with Gasteiger partial charge in [0.15, 0.2) is 5.65 Å². The standard InChI is InChI=1S/C16H22N4O3/c1-10-12(16(23)20-14(18-10)6-7-17-20)8-15(22)19-13-5-3-2-4-11(13)9-21/h6-7,11,13,17,21H,2-5,8-9H2,1H3,(H,19,22). The summed E-state index contributed by atoms with van der Waals surface area (Å²) in [5.41, 5.74) is 1.28. The van der Waals surface area contributed by atoms with Crippen molar-refractivity contribution in [2.75, 3.05) is 6.61 Å². The number of aryl methyl sites for hydroxylation is 1. The molecule has 2 atom stereocenters. The average molecular weight is 318 g/mol. The predicted octanol–water partition coefficient (Wildman–Crippen LogP) is 0.541. The summed E-state index contributed by atoms with van der Waals surface area (Å²) in [5.74, 6) is -0.0808. The van der Waals surface area contributed by atoms with Crippen LogP contribution < -0.4 is 10.9 Å². The molecule has 2 heterocycles. The summed E-state index contributed by atoms with van der Waals surface area (Å²) in [6, 6.07) is 1.71. The predicted molar refractivity (Wildman–Crippen MR) is 85.2 cm³/mol. The van der Waals surface area contributed by atoms with E-state index in [0.29, 0.717) is 16.9 Å². The third-order valence-electron chi connectivity index (χ3n) is 4.67. The maximum atomic E-state index is 12.4. The Kier molecular flexibility index (Phi) is 4.47. The van der Waals surface area contributed by atoms with Crippen LogP contribution >= 0.6 is 0 Å². The second-order valence-electron chi connectivity index (χ2n) is 6.21. The number of carbonyl (C=O) groups excluding carboxylic acids is 1. The fourth-order valence-electron chi connectivity index (χ4n) is 3.34. The van der Waals surface area contributed by atoms with Crippen LogP contribution in [0, 0.1) is 12.8 Å². The molecular formula is C16H22N4O3. The molecule has 1 amide bonds. The Bertz CT molecular complexity index is 764. The van der Waals surface area contributed by atoms with Crippen LogP contribution in [-0.2, 0) is 11.2 Å². The molecule has 1 fully saturated rings. The number of aromatic amines is 1. The highest BCUT2D eigenvalue weighted by atomic mass is 16.3. The number of aliphatic hydroxyl groups excluding tert-OH is 1. The first kappa shape index (κ1) is 15.7. The highest BCUT2D eigenvalue weighted by Crippen LogP contribution is 2.24. The fraction of sp³-hybridized carbons (Fsp3) is 0.562. The van der Waals surface area contributed by atoms with Crippen molar-refractivity contribution in [3.8, 4) is 0 Å². The number of aromatic nitrogens is 3. The van der Waals surface area contributed by atoms with E-state index in [-0.39, 0.29) is 36.5 Å². The first-order chi connectivity index (χ1) is 11.1. The molecule has 0 spiro atoms. The Morgan fingerprint density at radius 1 is 1.48 bits per heavy atom. The minimum absolute atomic E-state index is 0.00788. The number of amides is 1. The molecule has 0 saturated heterocycles. The Morgan fingerprint density at radius 2 is 2.26 bits per heavy atom. The highest BCUT2D eigenvalue weighted by molar-refractivity contribution is 5.79. The zero-order chi connectivity index (χ0) is 16.4. The summed E-state index contributed by atoms with van der Waals surface area (Å²) in [4.78, 5) is 29.1. The van der Waals surface area contributed by atoms with Gasteiger partial charge in [-0.3, -0.25) is 14.7 Å². The van der Waals surface area contributed by atoms with Crippen molar-refractivity contribution in [3.05, 3.63) is 33.9 Å². The molecule has 1 aliphatic carbocycles. The van der Waals surface area contributed by atoms with Gasteiger partial charge < -0.3 is 10.4 Å². The second-order valence-corrected chi connectivity index (χ2v) is 6.21. The van der Waals surface area contributed by atoms with Crippen molar-refractivity contribution < 1.29 is 9.90 Å². The van der Waals surface area contributed by atoms with E-state index in [0.717, 1.165) is 25.7 Å². The number of H-pyrrole nitrogens is 1. The molecule has 2 aromatic heterocycles. The minimum atomic E-state index is -0.241. The topological polar surface area (TPSA) is 99.5 Å². The van der Waals surface area contributed by atoms with Crippen LogP contribution in [0.5, 0.6) is 0 Å². The van der Waals surface area contributed by atoms with E-state index in [1.165, 1.54) is 4.52 Å². The van der Waals surface area contributed by atoms with Crippen molar-refractivity contribution in [3.63, 3.8) is 0 Å². The normalized spacial score (nSPS) is 21.5. The van der Waals surface area contributed by atoms with Gasteiger partial charge in [-0.2, -0.15) is 0 Å². The Labute approximate surface area is 133 Å². The lowest BCUT2D eigenvalue weighted by atomic mass is 9.85. The molecule has 2 unspecified atom stereocenters. The van der Waals surface area contributed by atoms with Gasteiger partial charge in [-0.15, -0.1) is 0 Å². The van der Waals surface area contributed by atoms with E-state index < -0.39 is 0 Å². The summed E-state index contributed by atoms with van der Waals surface area (Å²) in [6.45, 7) is 1.83. The van der Waals surface area contributed by atoms with Crippen molar-refractivity contribution in [1.29, 1.82) is 0 Å². The zero-order valence-corrected chi connectivity index (χ0v) is 13.2. The van der Waals surface area contributed by atoms with Crippen LogP contribution in [0.2, 0.25) is 0 Å². The van der Waals surface area contributed by atoms with E-state index in [4.69, 9.17) is 0 Å². The van der Waals surface area contributed by atoms with Gasteiger partial charge in [0.05, 0.1) is 6.42 Å². The number of rotatable bonds is 4. The van der Waals surface area contributed by atoms with Crippen LogP contribution in [0.1, 0.15) is 36.9 Å². The smallest absolute Gasteiger partial charge is 0.276 e. The summed E-state index contributed by atoms with van der Waals surface area (Å²) >= 11 is 0. The molecule has 23 heavy (non-hydrogen) atoms. The molecule has 0 radical (unpaired) electrons. The number of carbonyl (C=O) groups is 1. The van der Waals surface area contributed by atoms with Gasteiger partial charge in [0.25, 0.3) is 5.56 Å². The zero-order valence-electron chi connectivity index (χ0n) is 13.2. The lowest BCUT2D eigenvalue weighted by Gasteiger charge is -2.30. The number of hydrogen-bond donors (Lipinski definition) is 3. The first-order valence-corrected chi connectivity index (χ1v) is 8.06. The highest BCUT2D eigenvalue weighted by Gasteiger charge is 2.26. The number of nitrogens with zero attached hydrogens (tertiary/aromatic N) is 2. The van der Waals surface area contributed by atoms with Crippen molar-refractivity contribution in [1.82, 2.24) is 19.9 Å². The van der Waals surface area contributed by atoms with E-state index in [9.17, 15) is 14.7 Å². The van der Waals surface area contributed by atoms with Gasteiger partial charge >= 0.3 is 0 Å². The molecule has 7 heteroatoms. The minimum Gasteiger partial charge on any atom is -0.396 e. The summed E-state index contributed by atoms with van der Waals surface area (Å²) < 4.78 is 1.34. The Balaban J connectivity index is 1.76. The van der Waals surface area contributed by atoms with E-state index in [2.05, 4.69) is 15.4 Å². The van der Waals surface area contributed by atoms with E-state index >= 15 is 0 Å². The van der Waals surface area contributed by atoms with Crippen LogP contribution in [0.25, 0.3) is 5.65 Å². The van der Waals surface area contributed by atoms with E-state index in [1.54, 1.807) is 19.2 Å². The number of nitrogens with one attached hydrogen (secondary N) is 2. The monoisotopic (exact) mass is 318 g/mol. The molecule has 3 rings (SSSR count). The molecule has 2 aromatic rings. The molecular weight excluding hydrogens is 296 g/mol. The Hall–Kier alpha value is -2.15. The molecule has 124 valence electrons. The average Bonchev–Trinajstić information content (AvgIpc) is 3.00. The molecule has 0 aliphatic heterocycles. The van der Waals surface area contributed by atoms with Gasteiger partial charge in [0.1, 0.15) is 0 Å². The van der Waals surface area contributed by atoms with Crippen molar-refractivity contribution >= 4 is 11.6 Å². The third-order valence-corrected chi connectivity index (χ3v) is 4.67. The van der Waals surface area contributed by atoms with Gasteiger partial charge in [-0.05, 0) is 19.8 Å². The molecule has 0 bridgehead atoms. The summed E-state index contributed by atoms with van der Waals surface area (Å²) in [7, 11) is 0. The SMILES string of the molecule is Cc1nc2cc[nH]n2c(=O)c1CC(=O)NC1CCCCC1CO. The molecule has 1 aliphatic rings. The molecule has 3 N–H and O–H groups in total. The van der Waals surface area contributed by atoms with Crippen molar-refractivity contribution in [2.24, 2.45) is 5.92 Å². The summed E-state index contributed by atoms with van der Waals surface area (Å²) in [5, 5.41) is 15.2. The van der Waals surface area contributed by atoms with E-state index in [1.807, 2.05) is 0 Å². The van der Waals surface area contributed by atoms with Crippen LogP contribution in [-0.4, -0.2) is 38.3 Å². The quantitative estimate of drug-likeness (QED) is 0.766. The molecule has 7 nitrogen and oxygen atoms in total.